The molecule has 0 bridgehead atoms. The Bertz CT molecular complexity index is 1140. The van der Waals surface area contributed by atoms with Crippen molar-refractivity contribution in [1.82, 2.24) is 4.90 Å². The molecular formula is C30H40F5NO4S. The minimum Gasteiger partial charge on any atom is -0.508 e. The van der Waals surface area contributed by atoms with Gasteiger partial charge in [0, 0.05) is 52.7 Å². The van der Waals surface area contributed by atoms with Crippen LogP contribution in [0.4, 0.5) is 22.0 Å². The minimum atomic E-state index is -5.57. The maximum Gasteiger partial charge on any atom is 0.453 e. The second-order valence-corrected chi connectivity index (χ2v) is 12.9. The second kappa shape index (κ2) is 14.2. The average Bonchev–Trinajstić information content (AvgIpc) is 2.90. The highest BCUT2D eigenvalue weighted by atomic mass is 32.2. The van der Waals surface area contributed by atoms with E-state index in [4.69, 9.17) is 4.74 Å². The van der Waals surface area contributed by atoms with Crippen LogP contribution in [0.5, 0.6) is 17.2 Å². The topological polar surface area (TPSA) is 70.0 Å². The molecule has 0 aromatic heterocycles. The number of hydrogen-bond donors (Lipinski definition) is 2. The van der Waals surface area contributed by atoms with E-state index in [-0.39, 0.29) is 34.3 Å². The number of hydrogen-bond acceptors (Lipinski definition) is 5. The highest BCUT2D eigenvalue weighted by Gasteiger charge is 2.56. The van der Waals surface area contributed by atoms with E-state index in [0.717, 1.165) is 49.8 Å². The van der Waals surface area contributed by atoms with Crippen LogP contribution < -0.4 is 4.74 Å². The van der Waals surface area contributed by atoms with E-state index in [1.54, 1.807) is 24.3 Å². The monoisotopic (exact) mass is 605 g/mol. The number of alkyl halides is 5. The molecule has 3 rings (SSSR count). The fourth-order valence-electron chi connectivity index (χ4n) is 5.36. The van der Waals surface area contributed by atoms with Crippen molar-refractivity contribution in [3.63, 3.8) is 0 Å². The summed E-state index contributed by atoms with van der Waals surface area (Å²) in [5, 5.41) is 19.7. The number of fused-ring (bicyclic) bond motifs is 1. The van der Waals surface area contributed by atoms with Gasteiger partial charge in [-0.2, -0.15) is 22.0 Å². The van der Waals surface area contributed by atoms with Crippen LogP contribution in [0.15, 0.2) is 42.5 Å². The standard InChI is InChI=1S/C30H40F5NO4S/c1-28(22-9-11-23(37)12-10-22)21-40-27-20-24(38)13-14-25(27)26(28)8-5-3-4-6-16-36(2)17-19-41(39)18-7-15-29(31,32)30(33,34)35/h9-14,20,26,37-38H,3-8,15-19,21H2,1-2H3/t26-,28-,41?/m1/s1. The molecule has 2 aromatic carbocycles. The third-order valence-electron chi connectivity index (χ3n) is 7.96. The Morgan fingerprint density at radius 3 is 2.27 bits per heavy atom. The summed E-state index contributed by atoms with van der Waals surface area (Å²) in [6, 6.07) is 12.5. The number of halogens is 5. The lowest BCUT2D eigenvalue weighted by atomic mass is 9.66. The van der Waals surface area contributed by atoms with Crippen LogP contribution in [0.1, 0.15) is 68.9 Å². The van der Waals surface area contributed by atoms with E-state index in [1.165, 1.54) is 0 Å². The van der Waals surface area contributed by atoms with E-state index >= 15 is 0 Å². The molecule has 2 N–H and O–H groups in total. The van der Waals surface area contributed by atoms with Crippen molar-refractivity contribution < 1.29 is 41.1 Å². The molecule has 1 aliphatic heterocycles. The van der Waals surface area contributed by atoms with Gasteiger partial charge >= 0.3 is 12.1 Å². The fourth-order valence-corrected chi connectivity index (χ4v) is 6.55. The molecule has 41 heavy (non-hydrogen) atoms. The van der Waals surface area contributed by atoms with Gasteiger partial charge in [-0.25, -0.2) is 0 Å². The Balaban J connectivity index is 1.41. The van der Waals surface area contributed by atoms with E-state index in [2.05, 4.69) is 6.92 Å². The number of rotatable bonds is 15. The number of unbranched alkanes of at least 4 members (excludes halogenated alkanes) is 3. The van der Waals surface area contributed by atoms with Gasteiger partial charge in [-0.1, -0.05) is 44.4 Å². The van der Waals surface area contributed by atoms with Crippen molar-refractivity contribution in [2.45, 2.75) is 75.3 Å². The molecule has 230 valence electrons. The van der Waals surface area contributed by atoms with Gasteiger partial charge in [0.1, 0.15) is 17.2 Å². The van der Waals surface area contributed by atoms with Crippen molar-refractivity contribution in [3.05, 3.63) is 53.6 Å². The largest absolute Gasteiger partial charge is 0.508 e. The van der Waals surface area contributed by atoms with Crippen LogP contribution >= 0.6 is 0 Å². The first-order chi connectivity index (χ1) is 19.2. The predicted molar refractivity (Wildman–Crippen MR) is 150 cm³/mol. The van der Waals surface area contributed by atoms with Crippen LogP contribution in [0.3, 0.4) is 0 Å². The normalized spacial score (nSPS) is 20.0. The van der Waals surface area contributed by atoms with E-state index in [9.17, 15) is 36.4 Å². The van der Waals surface area contributed by atoms with Gasteiger partial charge in [0.05, 0.1) is 6.61 Å². The molecule has 0 fully saturated rings. The molecule has 1 unspecified atom stereocenters. The zero-order chi connectivity index (χ0) is 30.3. The van der Waals surface area contributed by atoms with Gasteiger partial charge in [0.25, 0.3) is 0 Å². The smallest absolute Gasteiger partial charge is 0.453 e. The third kappa shape index (κ3) is 9.04. The first-order valence-electron chi connectivity index (χ1n) is 14.0. The lowest BCUT2D eigenvalue weighted by Crippen LogP contribution is -2.40. The molecular weight excluding hydrogens is 565 g/mol. The summed E-state index contributed by atoms with van der Waals surface area (Å²) in [5.41, 5.74) is 1.82. The molecule has 5 nitrogen and oxygen atoms in total. The summed E-state index contributed by atoms with van der Waals surface area (Å²) in [4.78, 5) is 2.01. The van der Waals surface area contributed by atoms with Crippen molar-refractivity contribution in [3.8, 4) is 17.2 Å². The van der Waals surface area contributed by atoms with Gasteiger partial charge in [0.15, 0.2) is 0 Å². The van der Waals surface area contributed by atoms with Gasteiger partial charge in [-0.15, -0.1) is 0 Å². The molecule has 0 aliphatic carbocycles. The number of nitrogens with zero attached hydrogens (tertiary/aromatic N) is 1. The first kappa shape index (κ1) is 33.1. The third-order valence-corrected chi connectivity index (χ3v) is 9.34. The SMILES string of the molecule is CN(CCCCCC[C@@H]1c2ccc(O)cc2OC[C@]1(C)c1ccc(O)cc1)CCS(=O)CCCC(F)(F)C(F)(F)F. The van der Waals surface area contributed by atoms with Crippen LogP contribution in [0, 0.1) is 0 Å². The zero-order valence-corrected chi connectivity index (χ0v) is 24.4. The number of phenolic OH excluding ortho intramolecular Hbond substituents is 2. The van der Waals surface area contributed by atoms with Crippen LogP contribution in [0.2, 0.25) is 0 Å². The minimum absolute atomic E-state index is 0.158. The molecule has 11 heteroatoms. The van der Waals surface area contributed by atoms with Crippen LogP contribution in [0.25, 0.3) is 0 Å². The quantitative estimate of drug-likeness (QED) is 0.167. The Morgan fingerprint density at radius 1 is 0.927 bits per heavy atom. The lowest BCUT2D eigenvalue weighted by molar-refractivity contribution is -0.284. The molecule has 0 radical (unpaired) electrons. The average molecular weight is 606 g/mol. The highest BCUT2D eigenvalue weighted by Crippen LogP contribution is 2.49. The lowest BCUT2D eigenvalue weighted by Gasteiger charge is -2.43. The maximum absolute atomic E-state index is 13.0. The number of ether oxygens (including phenoxy) is 1. The Hall–Kier alpha value is -2.40. The number of benzene rings is 2. The van der Waals surface area contributed by atoms with Gasteiger partial charge in [0.2, 0.25) is 0 Å². The number of phenols is 2. The van der Waals surface area contributed by atoms with E-state index in [0.29, 0.717) is 18.9 Å². The van der Waals surface area contributed by atoms with Gasteiger partial charge < -0.3 is 19.8 Å². The second-order valence-electron chi connectivity index (χ2n) is 11.2. The van der Waals surface area contributed by atoms with Crippen molar-refractivity contribution in [2.24, 2.45) is 0 Å². The molecule has 2 aromatic rings. The molecule has 0 saturated heterocycles. The van der Waals surface area contributed by atoms with Crippen LogP contribution in [-0.2, 0) is 16.2 Å². The summed E-state index contributed by atoms with van der Waals surface area (Å²) in [6.45, 7) is 3.88. The summed E-state index contributed by atoms with van der Waals surface area (Å²) < 4.78 is 80.8. The molecule has 3 atom stereocenters. The van der Waals surface area contributed by atoms with E-state index in [1.807, 2.05) is 30.1 Å². The fraction of sp³-hybridized carbons (Fsp3) is 0.600. The van der Waals surface area contributed by atoms with Crippen LogP contribution in [-0.4, -0.2) is 69.7 Å². The Labute approximate surface area is 241 Å². The van der Waals surface area contributed by atoms with E-state index < -0.39 is 35.7 Å². The summed E-state index contributed by atoms with van der Waals surface area (Å²) in [6.07, 6.45) is -2.53. The van der Waals surface area contributed by atoms with Crippen molar-refractivity contribution >= 4 is 10.8 Å². The number of aromatic hydroxyl groups is 2. The van der Waals surface area contributed by atoms with Crippen molar-refractivity contribution in [1.29, 1.82) is 0 Å². The zero-order valence-electron chi connectivity index (χ0n) is 23.6. The Morgan fingerprint density at radius 2 is 1.59 bits per heavy atom. The first-order valence-corrected chi connectivity index (χ1v) is 15.4. The van der Waals surface area contributed by atoms with Gasteiger partial charge in [-0.3, -0.25) is 4.21 Å². The molecule has 0 spiro atoms. The maximum atomic E-state index is 13.0. The summed E-state index contributed by atoms with van der Waals surface area (Å²) in [5.74, 6) is -3.45. The molecule has 1 aliphatic rings. The highest BCUT2D eigenvalue weighted by molar-refractivity contribution is 7.84. The van der Waals surface area contributed by atoms with Gasteiger partial charge in [-0.05, 0) is 62.2 Å². The summed E-state index contributed by atoms with van der Waals surface area (Å²) >= 11 is 0. The molecule has 1 heterocycles. The molecule has 0 saturated carbocycles. The van der Waals surface area contributed by atoms with Crippen molar-refractivity contribution in [2.75, 3.05) is 38.2 Å². The Kier molecular flexibility index (Phi) is 11.4. The molecule has 0 amide bonds. The predicted octanol–water partition coefficient (Wildman–Crippen LogP) is 7.14. The summed E-state index contributed by atoms with van der Waals surface area (Å²) in [7, 11) is 0.439.